The van der Waals surface area contributed by atoms with E-state index in [1.165, 1.54) is 21.1 Å². The number of dihydropyridines is 1. The summed E-state index contributed by atoms with van der Waals surface area (Å²) in [5.74, 6) is -2.23. The molecule has 0 fully saturated rings. The van der Waals surface area contributed by atoms with Crippen molar-refractivity contribution in [2.75, 3.05) is 20.8 Å². The van der Waals surface area contributed by atoms with Crippen molar-refractivity contribution in [3.05, 3.63) is 46.3 Å². The molecule has 0 atom stereocenters. The average molecular weight is 403 g/mol. The predicted molar refractivity (Wildman–Crippen MR) is 104 cm³/mol. The van der Waals surface area contributed by atoms with E-state index in [-0.39, 0.29) is 16.9 Å². The molecule has 0 bridgehead atoms. The summed E-state index contributed by atoms with van der Waals surface area (Å²) in [6.45, 7) is 6.80. The third kappa shape index (κ3) is 4.42. The van der Waals surface area contributed by atoms with Crippen LogP contribution in [0.1, 0.15) is 39.2 Å². The van der Waals surface area contributed by atoms with E-state index in [1.54, 1.807) is 39.0 Å². The molecule has 0 amide bonds. The van der Waals surface area contributed by atoms with Crippen molar-refractivity contribution in [2.24, 2.45) is 0 Å². The number of nitrogens with one attached hydrogen (secondary N) is 1. The van der Waals surface area contributed by atoms with E-state index in [4.69, 9.17) is 18.9 Å². The maximum Gasteiger partial charge on any atom is 0.336 e. The Bertz CT molecular complexity index is 860. The zero-order valence-electron chi connectivity index (χ0n) is 17.4. The molecule has 29 heavy (non-hydrogen) atoms. The third-order valence-electron chi connectivity index (χ3n) is 4.44. The molecule has 1 aliphatic rings. The largest absolute Gasteiger partial charge is 0.490 e. The van der Waals surface area contributed by atoms with Crippen LogP contribution in [-0.2, 0) is 23.9 Å². The average Bonchev–Trinajstić information content (AvgIpc) is 2.67. The fraction of sp³-hybridized carbons (Fsp3) is 0.381. The standard InChI is InChI=1S/C21H25NO7/c1-7-28-15-10-8-9-14(19(15)29-13(4)23)18-16(20(24)26-5)11(2)22-12(3)17(18)21(25)27-6/h8-10,18,22H,7H2,1-6H3. The number of benzene rings is 1. The molecule has 8 nitrogen and oxygen atoms in total. The van der Waals surface area contributed by atoms with Crippen LogP contribution in [0.25, 0.3) is 0 Å². The zero-order valence-corrected chi connectivity index (χ0v) is 17.4. The predicted octanol–water partition coefficient (Wildman–Crippen LogP) is 2.59. The highest BCUT2D eigenvalue weighted by atomic mass is 16.6. The van der Waals surface area contributed by atoms with Gasteiger partial charge in [-0.2, -0.15) is 0 Å². The summed E-state index contributed by atoms with van der Waals surface area (Å²) in [5, 5.41) is 3.03. The monoisotopic (exact) mass is 403 g/mol. The minimum Gasteiger partial charge on any atom is -0.490 e. The maximum absolute atomic E-state index is 12.6. The van der Waals surface area contributed by atoms with Gasteiger partial charge in [0.25, 0.3) is 0 Å². The van der Waals surface area contributed by atoms with Crippen molar-refractivity contribution in [2.45, 2.75) is 33.6 Å². The smallest absolute Gasteiger partial charge is 0.336 e. The van der Waals surface area contributed by atoms with Gasteiger partial charge < -0.3 is 24.3 Å². The van der Waals surface area contributed by atoms with Crippen molar-refractivity contribution in [1.29, 1.82) is 0 Å². The Hall–Kier alpha value is -3.29. The lowest BCUT2D eigenvalue weighted by Crippen LogP contribution is -2.32. The van der Waals surface area contributed by atoms with E-state index in [2.05, 4.69) is 5.32 Å². The highest BCUT2D eigenvalue weighted by Gasteiger charge is 2.39. The second-order valence-corrected chi connectivity index (χ2v) is 6.32. The lowest BCUT2D eigenvalue weighted by molar-refractivity contribution is -0.137. The Morgan fingerprint density at radius 3 is 2.00 bits per heavy atom. The molecular weight excluding hydrogens is 378 g/mol. The van der Waals surface area contributed by atoms with Gasteiger partial charge in [-0.25, -0.2) is 9.59 Å². The zero-order chi connectivity index (χ0) is 21.7. The van der Waals surface area contributed by atoms with Crippen LogP contribution in [0.2, 0.25) is 0 Å². The lowest BCUT2D eigenvalue weighted by Gasteiger charge is -2.31. The Balaban J connectivity index is 2.84. The summed E-state index contributed by atoms with van der Waals surface area (Å²) >= 11 is 0. The highest BCUT2D eigenvalue weighted by Crippen LogP contribution is 2.45. The number of ether oxygens (including phenoxy) is 4. The summed E-state index contributed by atoms with van der Waals surface area (Å²) in [4.78, 5) is 37.0. The minimum absolute atomic E-state index is 0.136. The normalized spacial score (nSPS) is 14.3. The third-order valence-corrected chi connectivity index (χ3v) is 4.44. The van der Waals surface area contributed by atoms with E-state index in [0.717, 1.165) is 0 Å². The van der Waals surface area contributed by atoms with Crippen molar-refractivity contribution < 1.29 is 33.3 Å². The van der Waals surface area contributed by atoms with Gasteiger partial charge in [0.1, 0.15) is 0 Å². The summed E-state index contributed by atoms with van der Waals surface area (Å²) in [7, 11) is 2.51. The molecule has 8 heteroatoms. The number of rotatable bonds is 6. The van der Waals surface area contributed by atoms with Gasteiger partial charge in [-0.15, -0.1) is 0 Å². The number of carbonyl (C=O) groups excluding carboxylic acids is 3. The topological polar surface area (TPSA) is 100 Å². The molecule has 0 saturated heterocycles. The number of esters is 3. The van der Waals surface area contributed by atoms with Crippen LogP contribution in [0.5, 0.6) is 11.5 Å². The van der Waals surface area contributed by atoms with Gasteiger partial charge in [0.15, 0.2) is 11.5 Å². The molecular formula is C21H25NO7. The van der Waals surface area contributed by atoms with Gasteiger partial charge in [-0.1, -0.05) is 12.1 Å². The first kappa shape index (κ1) is 22.0. The molecule has 1 N–H and O–H groups in total. The van der Waals surface area contributed by atoms with Crippen LogP contribution < -0.4 is 14.8 Å². The van der Waals surface area contributed by atoms with Gasteiger partial charge in [0.2, 0.25) is 0 Å². The van der Waals surface area contributed by atoms with Gasteiger partial charge in [-0.3, -0.25) is 4.79 Å². The Labute approximate surface area is 169 Å². The molecule has 0 radical (unpaired) electrons. The SMILES string of the molecule is CCOc1cccc(C2C(C(=O)OC)=C(C)NC(C)=C2C(=O)OC)c1OC(C)=O. The van der Waals surface area contributed by atoms with E-state index < -0.39 is 23.8 Å². The molecule has 0 saturated carbocycles. The first-order valence-electron chi connectivity index (χ1n) is 9.06. The van der Waals surface area contributed by atoms with Crippen LogP contribution in [0, 0.1) is 0 Å². The van der Waals surface area contributed by atoms with E-state index in [1.807, 2.05) is 0 Å². The summed E-state index contributed by atoms with van der Waals surface area (Å²) in [6.07, 6.45) is 0. The maximum atomic E-state index is 12.6. The van der Waals surface area contributed by atoms with Gasteiger partial charge >= 0.3 is 17.9 Å². The van der Waals surface area contributed by atoms with Gasteiger partial charge in [0.05, 0.1) is 37.9 Å². The molecule has 0 aromatic heterocycles. The Morgan fingerprint density at radius 1 is 1.00 bits per heavy atom. The van der Waals surface area contributed by atoms with E-state index in [9.17, 15) is 14.4 Å². The Morgan fingerprint density at radius 2 is 1.55 bits per heavy atom. The van der Waals surface area contributed by atoms with Crippen molar-refractivity contribution in [1.82, 2.24) is 5.32 Å². The number of para-hydroxylation sites is 1. The van der Waals surface area contributed by atoms with Crippen LogP contribution in [0.15, 0.2) is 40.7 Å². The number of allylic oxidation sites excluding steroid dienone is 2. The fourth-order valence-corrected chi connectivity index (χ4v) is 3.35. The number of hydrogen-bond donors (Lipinski definition) is 1. The van der Waals surface area contributed by atoms with Crippen LogP contribution in [0.4, 0.5) is 0 Å². The summed E-state index contributed by atoms with van der Waals surface area (Å²) in [6, 6.07) is 5.02. The molecule has 2 rings (SSSR count). The van der Waals surface area contributed by atoms with E-state index in [0.29, 0.717) is 29.3 Å². The first-order chi connectivity index (χ1) is 13.8. The van der Waals surface area contributed by atoms with Crippen LogP contribution in [0.3, 0.4) is 0 Å². The van der Waals surface area contributed by atoms with Gasteiger partial charge in [0, 0.05) is 23.9 Å². The van der Waals surface area contributed by atoms with E-state index >= 15 is 0 Å². The number of methoxy groups -OCH3 is 2. The summed E-state index contributed by atoms with van der Waals surface area (Å²) < 4.78 is 21.0. The minimum atomic E-state index is -0.883. The second kappa shape index (κ2) is 9.27. The summed E-state index contributed by atoms with van der Waals surface area (Å²) in [5.41, 5.74) is 1.86. The quantitative estimate of drug-likeness (QED) is 0.571. The van der Waals surface area contributed by atoms with Crippen molar-refractivity contribution in [3.63, 3.8) is 0 Å². The van der Waals surface area contributed by atoms with Crippen LogP contribution >= 0.6 is 0 Å². The Kier molecular flexibility index (Phi) is 7.03. The molecule has 1 aromatic carbocycles. The fourth-order valence-electron chi connectivity index (χ4n) is 3.35. The molecule has 1 heterocycles. The molecule has 1 aliphatic heterocycles. The second-order valence-electron chi connectivity index (χ2n) is 6.32. The lowest BCUT2D eigenvalue weighted by atomic mass is 9.80. The first-order valence-corrected chi connectivity index (χ1v) is 9.06. The highest BCUT2D eigenvalue weighted by molar-refractivity contribution is 6.00. The van der Waals surface area contributed by atoms with Gasteiger partial charge in [-0.05, 0) is 26.8 Å². The molecule has 0 spiro atoms. The van der Waals surface area contributed by atoms with Crippen LogP contribution in [-0.4, -0.2) is 38.7 Å². The molecule has 1 aromatic rings. The molecule has 0 unspecified atom stereocenters. The number of carbonyl (C=O) groups is 3. The number of hydrogen-bond acceptors (Lipinski definition) is 8. The molecule has 156 valence electrons. The van der Waals surface area contributed by atoms with Crippen molar-refractivity contribution in [3.8, 4) is 11.5 Å². The van der Waals surface area contributed by atoms with Crippen molar-refractivity contribution >= 4 is 17.9 Å². The molecule has 0 aliphatic carbocycles.